The molecule has 0 bridgehead atoms. The summed E-state index contributed by atoms with van der Waals surface area (Å²) in [4.78, 5) is 34.1. The first kappa shape index (κ1) is 19.4. The van der Waals surface area contributed by atoms with Gasteiger partial charge in [0, 0.05) is 10.9 Å². The Hall–Kier alpha value is -1.34. The van der Waals surface area contributed by atoms with Crippen molar-refractivity contribution < 1.29 is 4.79 Å². The molecular formula is C19H27N3O2S2. The van der Waals surface area contributed by atoms with Gasteiger partial charge in [-0.2, -0.15) is 0 Å². The number of hydrogen-bond donors (Lipinski definition) is 2. The molecule has 26 heavy (non-hydrogen) atoms. The first-order valence-electron chi connectivity index (χ1n) is 9.26. The van der Waals surface area contributed by atoms with Crippen molar-refractivity contribution in [1.29, 1.82) is 0 Å². The highest BCUT2D eigenvalue weighted by molar-refractivity contribution is 7.99. The third-order valence-corrected chi connectivity index (χ3v) is 7.54. The largest absolute Gasteiger partial charge is 0.352 e. The van der Waals surface area contributed by atoms with Crippen LogP contribution in [0.3, 0.4) is 0 Å². The van der Waals surface area contributed by atoms with Crippen molar-refractivity contribution in [2.75, 3.05) is 0 Å². The van der Waals surface area contributed by atoms with E-state index in [-0.39, 0.29) is 16.7 Å². The summed E-state index contributed by atoms with van der Waals surface area (Å²) in [6.45, 7) is 8.16. The van der Waals surface area contributed by atoms with Crippen molar-refractivity contribution in [3.8, 4) is 0 Å². The van der Waals surface area contributed by atoms with Crippen LogP contribution in [0.2, 0.25) is 0 Å². The number of aromatic nitrogens is 2. The summed E-state index contributed by atoms with van der Waals surface area (Å²) < 4.78 is 0. The van der Waals surface area contributed by atoms with Gasteiger partial charge in [-0.25, -0.2) is 4.98 Å². The Morgan fingerprint density at radius 2 is 2.04 bits per heavy atom. The molecule has 2 aromatic heterocycles. The van der Waals surface area contributed by atoms with E-state index in [1.807, 2.05) is 20.8 Å². The van der Waals surface area contributed by atoms with Gasteiger partial charge in [-0.1, -0.05) is 6.92 Å². The van der Waals surface area contributed by atoms with Gasteiger partial charge < -0.3 is 10.3 Å². The van der Waals surface area contributed by atoms with Crippen molar-refractivity contribution in [3.63, 3.8) is 0 Å². The average Bonchev–Trinajstić information content (AvgIpc) is 2.89. The van der Waals surface area contributed by atoms with Crippen LogP contribution in [0.5, 0.6) is 0 Å². The summed E-state index contributed by atoms with van der Waals surface area (Å²) in [7, 11) is 0. The van der Waals surface area contributed by atoms with Crippen LogP contribution in [0.25, 0.3) is 10.2 Å². The molecule has 1 atom stereocenters. The number of aryl methyl sites for hydroxylation is 2. The summed E-state index contributed by atoms with van der Waals surface area (Å²) in [5.41, 5.74) is 0.924. The Morgan fingerprint density at radius 3 is 2.73 bits per heavy atom. The second kappa shape index (κ2) is 8.13. The Bertz CT molecular complexity index is 850. The molecule has 1 unspecified atom stereocenters. The number of fused-ring (bicyclic) bond motifs is 1. The van der Waals surface area contributed by atoms with Crippen molar-refractivity contribution in [2.45, 2.75) is 70.4 Å². The standard InChI is InChI=1S/C19H27N3O2S2/c1-10-5-7-14(8-6-10)20-17(23)13(4)25-9-15-21-18(24)16-11(2)12(3)26-19(16)22-15/h10,13-14H,5-9H2,1-4H3,(H,20,23)(H,21,22,24). The predicted molar refractivity (Wildman–Crippen MR) is 110 cm³/mol. The monoisotopic (exact) mass is 393 g/mol. The fourth-order valence-electron chi connectivity index (χ4n) is 3.37. The van der Waals surface area contributed by atoms with E-state index >= 15 is 0 Å². The van der Waals surface area contributed by atoms with Gasteiger partial charge in [0.05, 0.1) is 16.4 Å². The van der Waals surface area contributed by atoms with Crippen molar-refractivity contribution in [3.05, 3.63) is 26.6 Å². The van der Waals surface area contributed by atoms with Gasteiger partial charge in [0.15, 0.2) is 0 Å². The van der Waals surface area contributed by atoms with Crippen LogP contribution >= 0.6 is 23.1 Å². The first-order valence-corrected chi connectivity index (χ1v) is 11.1. The molecule has 1 amide bonds. The van der Waals surface area contributed by atoms with Gasteiger partial charge in [-0.05, 0) is 57.9 Å². The summed E-state index contributed by atoms with van der Waals surface area (Å²) in [6, 6.07) is 0.313. The zero-order valence-corrected chi connectivity index (χ0v) is 17.5. The van der Waals surface area contributed by atoms with Crippen LogP contribution in [-0.2, 0) is 10.5 Å². The highest BCUT2D eigenvalue weighted by atomic mass is 32.2. The minimum absolute atomic E-state index is 0.0825. The zero-order valence-electron chi connectivity index (χ0n) is 15.8. The molecule has 1 aliphatic rings. The quantitative estimate of drug-likeness (QED) is 0.807. The third-order valence-electron chi connectivity index (χ3n) is 5.29. The number of carbonyl (C=O) groups is 1. The number of carbonyl (C=O) groups excluding carboxylic acids is 1. The van der Waals surface area contributed by atoms with E-state index in [2.05, 4.69) is 22.2 Å². The number of aromatic amines is 1. The maximum Gasteiger partial charge on any atom is 0.259 e. The van der Waals surface area contributed by atoms with E-state index in [9.17, 15) is 9.59 Å². The van der Waals surface area contributed by atoms with E-state index in [0.29, 0.717) is 23.0 Å². The Labute approximate surface area is 162 Å². The van der Waals surface area contributed by atoms with E-state index in [1.54, 1.807) is 11.3 Å². The number of amides is 1. The lowest BCUT2D eigenvalue weighted by molar-refractivity contribution is -0.121. The fourth-order valence-corrected chi connectivity index (χ4v) is 5.18. The van der Waals surface area contributed by atoms with Gasteiger partial charge in [0.25, 0.3) is 5.56 Å². The lowest BCUT2D eigenvalue weighted by Gasteiger charge is -2.27. The number of H-pyrrole nitrogens is 1. The Balaban J connectivity index is 1.59. The molecule has 1 aliphatic carbocycles. The van der Waals surface area contributed by atoms with Crippen LogP contribution < -0.4 is 10.9 Å². The molecule has 0 spiro atoms. The maximum absolute atomic E-state index is 12.4. The van der Waals surface area contributed by atoms with Gasteiger partial charge >= 0.3 is 0 Å². The molecule has 0 saturated heterocycles. The van der Waals surface area contributed by atoms with Gasteiger partial charge in [0.2, 0.25) is 5.91 Å². The second-order valence-corrected chi connectivity index (χ2v) is 9.93. The Kier molecular flexibility index (Phi) is 6.07. The van der Waals surface area contributed by atoms with Gasteiger partial charge in [-0.15, -0.1) is 23.1 Å². The predicted octanol–water partition coefficient (Wildman–Crippen LogP) is 3.92. The van der Waals surface area contributed by atoms with Crippen molar-refractivity contribution in [1.82, 2.24) is 15.3 Å². The van der Waals surface area contributed by atoms with Crippen LogP contribution in [0, 0.1) is 19.8 Å². The van der Waals surface area contributed by atoms with Crippen LogP contribution in [0.15, 0.2) is 4.79 Å². The minimum atomic E-state index is -0.165. The average molecular weight is 394 g/mol. The number of nitrogens with one attached hydrogen (secondary N) is 2. The SMILES string of the molecule is Cc1sc2nc(CSC(C)C(=O)NC3CCC(C)CC3)[nH]c(=O)c2c1C. The lowest BCUT2D eigenvalue weighted by atomic mass is 9.87. The zero-order chi connectivity index (χ0) is 18.8. The minimum Gasteiger partial charge on any atom is -0.352 e. The normalized spacial score (nSPS) is 21.7. The molecule has 7 heteroatoms. The van der Waals surface area contributed by atoms with Crippen LogP contribution in [-0.4, -0.2) is 27.2 Å². The van der Waals surface area contributed by atoms with Gasteiger partial charge in [-0.3, -0.25) is 9.59 Å². The molecule has 0 aliphatic heterocycles. The Morgan fingerprint density at radius 1 is 1.35 bits per heavy atom. The van der Waals surface area contributed by atoms with Crippen molar-refractivity contribution >= 4 is 39.2 Å². The number of nitrogens with zero attached hydrogens (tertiary/aromatic N) is 1. The van der Waals surface area contributed by atoms with E-state index in [4.69, 9.17) is 0 Å². The molecule has 3 rings (SSSR count). The summed E-state index contributed by atoms with van der Waals surface area (Å²) in [5.74, 6) is 2.02. The molecule has 5 nitrogen and oxygen atoms in total. The number of hydrogen-bond acceptors (Lipinski definition) is 5. The van der Waals surface area contributed by atoms with Crippen LogP contribution in [0.4, 0.5) is 0 Å². The number of rotatable bonds is 5. The maximum atomic E-state index is 12.4. The molecule has 2 heterocycles. The topological polar surface area (TPSA) is 74.8 Å². The highest BCUT2D eigenvalue weighted by Gasteiger charge is 2.22. The number of thioether (sulfide) groups is 1. The van der Waals surface area contributed by atoms with E-state index < -0.39 is 0 Å². The van der Waals surface area contributed by atoms with Gasteiger partial charge in [0.1, 0.15) is 10.7 Å². The summed E-state index contributed by atoms with van der Waals surface area (Å²) in [5, 5.41) is 3.71. The highest BCUT2D eigenvalue weighted by Crippen LogP contribution is 2.27. The van der Waals surface area contributed by atoms with E-state index in [0.717, 1.165) is 34.0 Å². The molecule has 1 fully saturated rings. The van der Waals surface area contributed by atoms with E-state index in [1.165, 1.54) is 24.6 Å². The third kappa shape index (κ3) is 4.31. The lowest BCUT2D eigenvalue weighted by Crippen LogP contribution is -2.41. The molecule has 142 valence electrons. The molecular weight excluding hydrogens is 366 g/mol. The summed E-state index contributed by atoms with van der Waals surface area (Å²) in [6.07, 6.45) is 4.54. The molecule has 2 aromatic rings. The molecule has 0 radical (unpaired) electrons. The smallest absolute Gasteiger partial charge is 0.259 e. The molecule has 0 aromatic carbocycles. The fraction of sp³-hybridized carbons (Fsp3) is 0.632. The molecule has 1 saturated carbocycles. The first-order chi connectivity index (χ1) is 12.3. The van der Waals surface area contributed by atoms with Crippen LogP contribution in [0.1, 0.15) is 55.8 Å². The van der Waals surface area contributed by atoms with Crippen molar-refractivity contribution in [2.24, 2.45) is 5.92 Å². The second-order valence-electron chi connectivity index (χ2n) is 7.39. The summed E-state index contributed by atoms with van der Waals surface area (Å²) >= 11 is 3.07. The number of thiophene rings is 1. The molecule has 2 N–H and O–H groups in total.